The molecule has 0 spiro atoms. The van der Waals surface area contributed by atoms with Gasteiger partial charge in [-0.1, -0.05) is 30.3 Å². The van der Waals surface area contributed by atoms with Crippen LogP contribution in [0.4, 0.5) is 15.8 Å². The van der Waals surface area contributed by atoms with Crippen LogP contribution < -0.4 is 14.5 Å². The molecule has 45 heavy (non-hydrogen) atoms. The van der Waals surface area contributed by atoms with Crippen LogP contribution in [-0.2, 0) is 9.59 Å². The summed E-state index contributed by atoms with van der Waals surface area (Å²) < 4.78 is 23.3. The van der Waals surface area contributed by atoms with Crippen molar-refractivity contribution in [2.24, 2.45) is 0 Å². The molecular weight excluding hydrogens is 599 g/mol. The molecule has 12 heteroatoms. The number of carbonyl (C=O) groups is 1. The highest BCUT2D eigenvalue weighted by Gasteiger charge is 2.48. The molecule has 0 radical (unpaired) electrons. The lowest BCUT2D eigenvalue weighted by atomic mass is 9.93. The van der Waals surface area contributed by atoms with Gasteiger partial charge in [0.05, 0.1) is 29.4 Å². The van der Waals surface area contributed by atoms with Crippen LogP contribution in [0, 0.1) is 17.1 Å². The summed E-state index contributed by atoms with van der Waals surface area (Å²) in [4.78, 5) is 37.5. The number of phenolic OH excluding ortho intramolecular Hbond substituents is 1. The Kier molecular flexibility index (Phi) is 7.75. The number of ether oxygens (including phenoxy) is 1. The van der Waals surface area contributed by atoms with E-state index >= 15 is 4.39 Å². The zero-order valence-electron chi connectivity index (χ0n) is 24.9. The summed E-state index contributed by atoms with van der Waals surface area (Å²) >= 11 is 6.84. The van der Waals surface area contributed by atoms with E-state index in [4.69, 9.17) is 21.6 Å². The third kappa shape index (κ3) is 4.88. The zero-order valence-corrected chi connectivity index (χ0v) is 25.7. The lowest BCUT2D eigenvalue weighted by Crippen LogP contribution is -2.64. The molecule has 1 amide bonds. The van der Waals surface area contributed by atoms with E-state index in [0.717, 1.165) is 0 Å². The molecule has 1 N–H and O–H groups in total. The largest absolute Gasteiger partial charge is 0.507 e. The molecule has 10 nitrogen and oxygen atoms in total. The molecule has 3 atom stereocenters. The number of benzene rings is 2. The maximum Gasteiger partial charge on any atom is 0.246 e. The maximum absolute atomic E-state index is 16.9. The van der Waals surface area contributed by atoms with Gasteiger partial charge in [0.15, 0.2) is 5.82 Å². The molecule has 3 aliphatic rings. The second-order valence-corrected chi connectivity index (χ2v) is 12.0. The molecule has 4 heterocycles. The number of halogens is 2. The van der Waals surface area contributed by atoms with Gasteiger partial charge >= 0.3 is 0 Å². The van der Waals surface area contributed by atoms with Crippen molar-refractivity contribution >= 4 is 51.8 Å². The molecular formula is C33H30ClFN6O4. The molecule has 230 valence electrons. The van der Waals surface area contributed by atoms with E-state index in [1.807, 2.05) is 41.8 Å². The highest BCUT2D eigenvalue weighted by Crippen LogP contribution is 2.53. The zero-order chi connectivity index (χ0) is 32.2. The fraction of sp³-hybridized carbons (Fsp3) is 0.303. The fourth-order valence-electron chi connectivity index (χ4n) is 6.62. The lowest BCUT2D eigenvalue weighted by Gasteiger charge is -2.53. The summed E-state index contributed by atoms with van der Waals surface area (Å²) in [5, 5.41) is 20.4. The van der Waals surface area contributed by atoms with Crippen LogP contribution >= 0.6 is 11.6 Å². The van der Waals surface area contributed by atoms with Crippen LogP contribution in [0.1, 0.15) is 12.5 Å². The Morgan fingerprint density at radius 2 is 2.07 bits per heavy atom. The van der Waals surface area contributed by atoms with Crippen LogP contribution in [0.25, 0.3) is 28.1 Å². The molecule has 0 aliphatic carbocycles. The highest BCUT2D eigenvalue weighted by atomic mass is 35.5. The van der Waals surface area contributed by atoms with Crippen LogP contribution in [0.3, 0.4) is 0 Å². The minimum Gasteiger partial charge on any atom is -0.507 e. The smallest absolute Gasteiger partial charge is 0.246 e. The van der Waals surface area contributed by atoms with Crippen molar-refractivity contribution in [3.63, 3.8) is 0 Å². The predicted molar refractivity (Wildman–Crippen MR) is 170 cm³/mol. The van der Waals surface area contributed by atoms with Gasteiger partial charge in [-0.3, -0.25) is 4.79 Å². The average Bonchev–Trinajstić information content (AvgIpc) is 3.00. The number of nitrogens with zero attached hydrogens (tertiary/aromatic N) is 6. The Balaban J connectivity index is 1.65. The van der Waals surface area contributed by atoms with E-state index in [1.54, 1.807) is 23.1 Å². The molecule has 0 bridgehead atoms. The van der Waals surface area contributed by atoms with Gasteiger partial charge in [-0.25, -0.2) is 14.2 Å². The number of likely N-dealkylation sites (N-methyl/N-ethyl adjacent to an activating group) is 1. The number of aromatic hydroxyl groups is 1. The summed E-state index contributed by atoms with van der Waals surface area (Å²) in [5.41, 5.74) is 1.80. The van der Waals surface area contributed by atoms with Crippen molar-refractivity contribution in [2.45, 2.75) is 25.1 Å². The number of nitriles is 1. The number of amides is 1. The molecule has 1 saturated heterocycles. The number of pyridine rings is 1. The first-order valence-electron chi connectivity index (χ1n) is 14.4. The first-order valence-corrected chi connectivity index (χ1v) is 14.7. The summed E-state index contributed by atoms with van der Waals surface area (Å²) in [7, 11) is 3.79. The van der Waals surface area contributed by atoms with E-state index < -0.39 is 18.0 Å². The number of phenols is 1. The summed E-state index contributed by atoms with van der Waals surface area (Å²) in [6.45, 7) is 6.84. The van der Waals surface area contributed by atoms with Gasteiger partial charge < -0.3 is 29.4 Å². The quantitative estimate of drug-likeness (QED) is 0.250. The average molecular weight is 629 g/mol. The first kappa shape index (κ1) is 30.2. The SMILES string of the molecule is C=CC(=O)N1C[C@@H]2C(=C=O)N3C[C@@H](CN(C)C)Oc4nc5c(F)c(-c6c(O)cccc6/C=C/C#N)c(Cl)cc5c(c43)N2C[C@H]1C. The van der Waals surface area contributed by atoms with Crippen molar-refractivity contribution in [1.82, 2.24) is 14.8 Å². The predicted octanol–water partition coefficient (Wildman–Crippen LogP) is 4.39. The number of anilines is 2. The van der Waals surface area contributed by atoms with Crippen LogP contribution in [0.15, 0.2) is 48.7 Å². The van der Waals surface area contributed by atoms with E-state index in [-0.39, 0.29) is 51.8 Å². The van der Waals surface area contributed by atoms with E-state index in [0.29, 0.717) is 47.7 Å². The standard InChI is InChI=1S/C33H30ClFN6O4/c1-5-26(44)39-16-23-24(17-42)41-15-20(14-38(3)4)45-33-32(41)31(40(23)13-18(39)2)21-12-22(34)28(29(35)30(21)37-33)27-19(9-7-11-36)8-6-10-25(27)43/h5-10,12,18,20,23,43H,1,13-16H2,2-4H3/b9-7+/t18-,20-,23-/m1/s1. The number of piperazine rings is 1. The molecule has 0 saturated carbocycles. The summed E-state index contributed by atoms with van der Waals surface area (Å²) in [6, 6.07) is 7.30. The topological polar surface area (TPSA) is 113 Å². The number of aromatic nitrogens is 1. The molecule has 1 aromatic heterocycles. The van der Waals surface area contributed by atoms with Crippen LogP contribution in [0.2, 0.25) is 5.02 Å². The van der Waals surface area contributed by atoms with Gasteiger partial charge in [0.2, 0.25) is 11.8 Å². The Hall–Kier alpha value is -4.88. The Bertz CT molecular complexity index is 1880. The van der Waals surface area contributed by atoms with Crippen molar-refractivity contribution in [1.29, 1.82) is 5.26 Å². The van der Waals surface area contributed by atoms with E-state index in [9.17, 15) is 14.7 Å². The third-order valence-electron chi connectivity index (χ3n) is 8.45. The van der Waals surface area contributed by atoms with Crippen molar-refractivity contribution in [2.75, 3.05) is 50.1 Å². The van der Waals surface area contributed by atoms with Gasteiger partial charge in [-0.15, -0.1) is 0 Å². The van der Waals surface area contributed by atoms with Gasteiger partial charge in [0, 0.05) is 48.3 Å². The minimum atomic E-state index is -0.781. The number of allylic oxidation sites excluding steroid dienone is 1. The Morgan fingerprint density at radius 1 is 1.29 bits per heavy atom. The maximum atomic E-state index is 16.9. The van der Waals surface area contributed by atoms with Crippen molar-refractivity contribution in [3.8, 4) is 28.8 Å². The Morgan fingerprint density at radius 3 is 2.76 bits per heavy atom. The second kappa shape index (κ2) is 11.6. The molecule has 2 aromatic carbocycles. The molecule has 0 unspecified atom stereocenters. The van der Waals surface area contributed by atoms with Crippen LogP contribution in [0.5, 0.6) is 11.6 Å². The summed E-state index contributed by atoms with van der Waals surface area (Å²) in [6.07, 6.45) is 3.52. The number of hydrogen-bond donors (Lipinski definition) is 1. The van der Waals surface area contributed by atoms with Gasteiger partial charge in [-0.05, 0) is 50.9 Å². The van der Waals surface area contributed by atoms with Crippen molar-refractivity contribution in [3.05, 3.63) is 65.1 Å². The number of fused-ring (bicyclic) bond motifs is 4. The minimum absolute atomic E-state index is 0.0154. The van der Waals surface area contributed by atoms with E-state index in [2.05, 4.69) is 17.5 Å². The number of rotatable bonds is 5. The first-order chi connectivity index (χ1) is 21.6. The summed E-state index contributed by atoms with van der Waals surface area (Å²) in [5.74, 6) is 1.02. The van der Waals surface area contributed by atoms with Gasteiger partial charge in [0.1, 0.15) is 34.7 Å². The van der Waals surface area contributed by atoms with Crippen molar-refractivity contribution < 1.29 is 23.8 Å². The second-order valence-electron chi connectivity index (χ2n) is 11.6. The van der Waals surface area contributed by atoms with E-state index in [1.165, 1.54) is 24.3 Å². The molecule has 1 fully saturated rings. The number of hydrogen-bond acceptors (Lipinski definition) is 9. The number of carbonyl (C=O) groups excluding carboxylic acids is 2. The lowest BCUT2D eigenvalue weighted by molar-refractivity contribution is -0.128. The Labute approximate surface area is 264 Å². The molecule has 3 aliphatic heterocycles. The van der Waals surface area contributed by atoms with Gasteiger partial charge in [-0.2, -0.15) is 5.26 Å². The normalized spacial score (nSPS) is 20.5. The highest BCUT2D eigenvalue weighted by molar-refractivity contribution is 6.35. The fourth-order valence-corrected chi connectivity index (χ4v) is 6.90. The van der Waals surface area contributed by atoms with Crippen LogP contribution in [-0.4, -0.2) is 90.2 Å². The molecule has 3 aromatic rings. The monoisotopic (exact) mass is 628 g/mol. The molecule has 6 rings (SSSR count). The van der Waals surface area contributed by atoms with Gasteiger partial charge in [0.25, 0.3) is 0 Å². The third-order valence-corrected chi connectivity index (χ3v) is 8.75.